The molecule has 0 bridgehead atoms. The first kappa shape index (κ1) is 26.4. The average Bonchev–Trinajstić information content (AvgIpc) is 3.66. The molecular formula is C46H30. The van der Waals surface area contributed by atoms with Gasteiger partial charge in [-0.15, -0.1) is 0 Å². The van der Waals surface area contributed by atoms with Crippen LogP contribution in [0, 0.1) is 0 Å². The number of rotatable bonds is 5. The van der Waals surface area contributed by atoms with E-state index in [4.69, 9.17) is 0 Å². The summed E-state index contributed by atoms with van der Waals surface area (Å²) in [5.74, 6) is 0. The zero-order valence-electron chi connectivity index (χ0n) is 25.3. The lowest BCUT2D eigenvalue weighted by Crippen LogP contribution is -1.95. The highest BCUT2D eigenvalue weighted by molar-refractivity contribution is 6.38. The Kier molecular flexibility index (Phi) is 6.25. The van der Waals surface area contributed by atoms with Gasteiger partial charge in [0.15, 0.2) is 0 Å². The van der Waals surface area contributed by atoms with Crippen LogP contribution in [-0.2, 0) is 0 Å². The van der Waals surface area contributed by atoms with Crippen LogP contribution in [0.2, 0.25) is 0 Å². The number of allylic oxidation sites excluding steroid dienone is 5. The molecule has 0 atom stereocenters. The Bertz CT molecular complexity index is 2350. The first-order valence-electron chi connectivity index (χ1n) is 15.9. The van der Waals surface area contributed by atoms with Crippen LogP contribution in [-0.4, -0.2) is 0 Å². The highest BCUT2D eigenvalue weighted by Crippen LogP contribution is 2.59. The van der Waals surface area contributed by atoms with Crippen molar-refractivity contribution in [3.05, 3.63) is 209 Å². The van der Waals surface area contributed by atoms with E-state index in [0.717, 1.165) is 0 Å². The Morgan fingerprint density at radius 1 is 0.283 bits per heavy atom. The van der Waals surface area contributed by atoms with Crippen LogP contribution in [0.5, 0.6) is 0 Å². The maximum Gasteiger partial charge on any atom is -0.000763 e. The molecule has 0 heterocycles. The third-order valence-electron chi connectivity index (χ3n) is 9.40. The lowest BCUT2D eigenvalue weighted by Gasteiger charge is -2.18. The summed E-state index contributed by atoms with van der Waals surface area (Å²) in [6.45, 7) is 0. The highest BCUT2D eigenvalue weighted by atomic mass is 14.4. The van der Waals surface area contributed by atoms with Crippen molar-refractivity contribution in [2.45, 2.75) is 0 Å². The molecule has 7 aromatic rings. The number of hydrogen-bond donors (Lipinski definition) is 0. The van der Waals surface area contributed by atoms with Gasteiger partial charge < -0.3 is 0 Å². The van der Waals surface area contributed by atoms with Gasteiger partial charge in [-0.25, -0.2) is 0 Å². The largest absolute Gasteiger partial charge is 0.0622 e. The zero-order valence-corrected chi connectivity index (χ0v) is 25.3. The Hall–Kier alpha value is -5.98. The molecule has 0 fully saturated rings. The number of fused-ring (bicyclic) bond motifs is 4. The van der Waals surface area contributed by atoms with E-state index in [9.17, 15) is 0 Å². The van der Waals surface area contributed by atoms with Crippen LogP contribution in [0.3, 0.4) is 0 Å². The van der Waals surface area contributed by atoms with Gasteiger partial charge in [-0.3, -0.25) is 0 Å². The van der Waals surface area contributed by atoms with Crippen molar-refractivity contribution in [1.29, 1.82) is 0 Å². The molecular weight excluding hydrogens is 553 g/mol. The van der Waals surface area contributed by atoms with Crippen molar-refractivity contribution >= 4 is 39.1 Å². The van der Waals surface area contributed by atoms with Crippen LogP contribution in [0.1, 0.15) is 27.8 Å². The predicted molar refractivity (Wildman–Crippen MR) is 196 cm³/mol. The summed E-state index contributed by atoms with van der Waals surface area (Å²) in [5, 5.41) is 2.52. The molecule has 0 saturated heterocycles. The third-order valence-corrected chi connectivity index (χ3v) is 9.40. The van der Waals surface area contributed by atoms with E-state index in [1.54, 1.807) is 0 Å². The molecule has 0 heteroatoms. The predicted octanol–water partition coefficient (Wildman–Crippen LogP) is 12.1. The van der Waals surface area contributed by atoms with E-state index < -0.39 is 0 Å². The Morgan fingerprint density at radius 3 is 1.41 bits per heavy atom. The van der Waals surface area contributed by atoms with E-state index in [2.05, 4.69) is 182 Å². The van der Waals surface area contributed by atoms with E-state index in [0.29, 0.717) is 0 Å². The van der Waals surface area contributed by atoms with Gasteiger partial charge in [0, 0.05) is 0 Å². The van der Waals surface area contributed by atoms with Gasteiger partial charge in [0.1, 0.15) is 0 Å². The molecule has 0 aliphatic heterocycles. The Labute approximate surface area is 270 Å². The molecule has 46 heavy (non-hydrogen) atoms. The molecule has 9 rings (SSSR count). The van der Waals surface area contributed by atoms with Crippen molar-refractivity contribution < 1.29 is 0 Å². The molecule has 0 spiro atoms. The number of hydrogen-bond acceptors (Lipinski definition) is 0. The molecule has 0 amide bonds. The van der Waals surface area contributed by atoms with E-state index in [-0.39, 0.29) is 0 Å². The van der Waals surface area contributed by atoms with Gasteiger partial charge in [-0.2, -0.15) is 0 Å². The minimum Gasteiger partial charge on any atom is -0.0622 e. The molecule has 2 aliphatic rings. The SMILES string of the molecule is C1=C2C(c3ccccc3)=C(c3ccccc3)C(c3cccc4ccccc34)=C2c2cc(-c3ccccc3)c(-c3ccccc3)cc21. The zero-order chi connectivity index (χ0) is 30.5. The fourth-order valence-electron chi connectivity index (χ4n) is 7.40. The van der Waals surface area contributed by atoms with Crippen molar-refractivity contribution in [1.82, 2.24) is 0 Å². The summed E-state index contributed by atoms with van der Waals surface area (Å²) in [6.07, 6.45) is 2.44. The van der Waals surface area contributed by atoms with E-state index in [1.807, 2.05) is 0 Å². The van der Waals surface area contributed by atoms with Crippen LogP contribution >= 0.6 is 0 Å². The van der Waals surface area contributed by atoms with Gasteiger partial charge in [0.2, 0.25) is 0 Å². The first-order chi connectivity index (χ1) is 22.8. The normalized spacial score (nSPS) is 13.6. The van der Waals surface area contributed by atoms with Crippen molar-refractivity contribution in [2.24, 2.45) is 0 Å². The topological polar surface area (TPSA) is 0 Å². The fraction of sp³-hybridized carbons (Fsp3) is 0. The Morgan fingerprint density at radius 2 is 0.783 bits per heavy atom. The molecule has 0 aromatic heterocycles. The summed E-state index contributed by atoms with van der Waals surface area (Å²) in [6, 6.07) is 63.9. The van der Waals surface area contributed by atoms with Crippen molar-refractivity contribution in [2.75, 3.05) is 0 Å². The summed E-state index contributed by atoms with van der Waals surface area (Å²) >= 11 is 0. The highest BCUT2D eigenvalue weighted by Gasteiger charge is 2.37. The fourth-order valence-corrected chi connectivity index (χ4v) is 7.40. The minimum absolute atomic E-state index is 1.22. The monoisotopic (exact) mass is 582 g/mol. The molecule has 0 radical (unpaired) electrons. The second-order valence-corrected chi connectivity index (χ2v) is 12.0. The standard InChI is InChI=1S/C46H30/c1-5-16-32(17-6-1)39-28-36-29-42-43(34-21-9-3-10-22-34)44(35-23-11-4-12-24-35)46(38-27-15-25-31-20-13-14-26-37(31)38)45(42)41(36)30-40(39)33-18-7-2-8-19-33/h1-30H. The molecule has 0 nitrogen and oxygen atoms in total. The maximum atomic E-state index is 2.45. The van der Waals surface area contributed by atoms with Crippen molar-refractivity contribution in [3.8, 4) is 22.3 Å². The smallest absolute Gasteiger partial charge is 0.000763 e. The average molecular weight is 583 g/mol. The summed E-state index contributed by atoms with van der Waals surface area (Å²) in [4.78, 5) is 0. The van der Waals surface area contributed by atoms with Crippen LogP contribution < -0.4 is 0 Å². The Balaban J connectivity index is 1.41. The molecule has 0 unspecified atom stereocenters. The molecule has 214 valence electrons. The summed E-state index contributed by atoms with van der Waals surface area (Å²) < 4.78 is 0. The van der Waals surface area contributed by atoms with Gasteiger partial charge in [0.05, 0.1) is 0 Å². The van der Waals surface area contributed by atoms with E-state index in [1.165, 1.54) is 88.7 Å². The third kappa shape index (κ3) is 4.23. The van der Waals surface area contributed by atoms with Crippen LogP contribution in [0.25, 0.3) is 61.4 Å². The molecule has 0 N–H and O–H groups in total. The van der Waals surface area contributed by atoms with Crippen LogP contribution in [0.4, 0.5) is 0 Å². The lowest BCUT2D eigenvalue weighted by atomic mass is 9.85. The van der Waals surface area contributed by atoms with Crippen molar-refractivity contribution in [3.63, 3.8) is 0 Å². The van der Waals surface area contributed by atoms with Gasteiger partial charge in [-0.1, -0.05) is 164 Å². The van der Waals surface area contributed by atoms with E-state index >= 15 is 0 Å². The van der Waals surface area contributed by atoms with Gasteiger partial charge >= 0.3 is 0 Å². The number of benzene rings is 7. The first-order valence-corrected chi connectivity index (χ1v) is 15.9. The summed E-state index contributed by atoms with van der Waals surface area (Å²) in [5.41, 5.74) is 17.8. The minimum atomic E-state index is 1.22. The van der Waals surface area contributed by atoms with Gasteiger partial charge in [-0.05, 0) is 107 Å². The quantitative estimate of drug-likeness (QED) is 0.189. The summed E-state index contributed by atoms with van der Waals surface area (Å²) in [7, 11) is 0. The second kappa shape index (κ2) is 10.9. The van der Waals surface area contributed by atoms with Gasteiger partial charge in [0.25, 0.3) is 0 Å². The molecule has 0 saturated carbocycles. The van der Waals surface area contributed by atoms with Crippen LogP contribution in [0.15, 0.2) is 181 Å². The lowest BCUT2D eigenvalue weighted by molar-refractivity contribution is 1.54. The maximum absolute atomic E-state index is 2.45. The second-order valence-electron chi connectivity index (χ2n) is 12.0. The molecule has 2 aliphatic carbocycles. The molecule has 7 aromatic carbocycles.